The minimum absolute atomic E-state index is 0.711. The number of nitrogens with one attached hydrogen (secondary N) is 1. The quantitative estimate of drug-likeness (QED) is 0.920. The van der Waals surface area contributed by atoms with Crippen LogP contribution in [0.5, 0.6) is 0 Å². The number of hydrogen-bond acceptors (Lipinski definition) is 3. The van der Waals surface area contributed by atoms with E-state index in [-0.39, 0.29) is 0 Å². The zero-order valence-corrected chi connectivity index (χ0v) is 12.1. The van der Waals surface area contributed by atoms with Crippen molar-refractivity contribution >= 4 is 27.3 Å². The van der Waals surface area contributed by atoms with E-state index < -0.39 is 0 Å². The molecule has 1 atom stereocenters. The molecule has 1 aromatic heterocycles. The number of hydrogen-bond donors (Lipinski definition) is 1. The summed E-state index contributed by atoms with van der Waals surface area (Å²) in [5, 5.41) is 3.40. The SMILES string of the molecule is CC(CCc1ccc(Br)s1)N1CCNCC1. The van der Waals surface area contributed by atoms with Gasteiger partial charge in [-0.05, 0) is 47.8 Å². The molecule has 0 aliphatic carbocycles. The van der Waals surface area contributed by atoms with Gasteiger partial charge in [-0.15, -0.1) is 11.3 Å². The van der Waals surface area contributed by atoms with E-state index in [0.717, 1.165) is 13.1 Å². The molecule has 0 aromatic carbocycles. The Morgan fingerprint density at radius 1 is 1.44 bits per heavy atom. The van der Waals surface area contributed by atoms with Crippen molar-refractivity contribution in [2.75, 3.05) is 26.2 Å². The lowest BCUT2D eigenvalue weighted by Gasteiger charge is -2.32. The van der Waals surface area contributed by atoms with Crippen molar-refractivity contribution in [3.8, 4) is 0 Å². The van der Waals surface area contributed by atoms with Gasteiger partial charge in [0.2, 0.25) is 0 Å². The second-order valence-electron chi connectivity index (χ2n) is 4.38. The second-order valence-corrected chi connectivity index (χ2v) is 6.93. The summed E-state index contributed by atoms with van der Waals surface area (Å²) in [6.07, 6.45) is 2.48. The fourth-order valence-electron chi connectivity index (χ4n) is 2.14. The summed E-state index contributed by atoms with van der Waals surface area (Å²) in [7, 11) is 0. The molecule has 0 spiro atoms. The number of nitrogens with zero attached hydrogens (tertiary/aromatic N) is 1. The highest BCUT2D eigenvalue weighted by Crippen LogP contribution is 2.23. The number of rotatable bonds is 4. The molecule has 1 aliphatic heterocycles. The van der Waals surface area contributed by atoms with E-state index in [1.54, 1.807) is 0 Å². The second kappa shape index (κ2) is 6.15. The number of aryl methyl sites for hydroxylation is 1. The Bertz CT molecular complexity index is 321. The maximum absolute atomic E-state index is 3.52. The van der Waals surface area contributed by atoms with Crippen LogP contribution in [0.1, 0.15) is 18.2 Å². The maximum Gasteiger partial charge on any atom is 0.0701 e. The van der Waals surface area contributed by atoms with Crippen molar-refractivity contribution in [3.05, 3.63) is 20.8 Å². The molecular formula is C12H19BrN2S. The summed E-state index contributed by atoms with van der Waals surface area (Å²) in [4.78, 5) is 4.09. The van der Waals surface area contributed by atoms with Crippen LogP contribution in [0.15, 0.2) is 15.9 Å². The lowest BCUT2D eigenvalue weighted by molar-refractivity contribution is 0.177. The molecule has 1 saturated heterocycles. The van der Waals surface area contributed by atoms with Gasteiger partial charge in [-0.25, -0.2) is 0 Å². The zero-order valence-electron chi connectivity index (χ0n) is 9.71. The minimum atomic E-state index is 0.711. The highest BCUT2D eigenvalue weighted by molar-refractivity contribution is 9.11. The van der Waals surface area contributed by atoms with E-state index in [2.05, 4.69) is 45.2 Å². The average Bonchev–Trinajstić information content (AvgIpc) is 2.73. The molecule has 2 nitrogen and oxygen atoms in total. The topological polar surface area (TPSA) is 15.3 Å². The van der Waals surface area contributed by atoms with Crippen LogP contribution in [0, 0.1) is 0 Å². The zero-order chi connectivity index (χ0) is 11.4. The van der Waals surface area contributed by atoms with Crippen LogP contribution in [0.3, 0.4) is 0 Å². The van der Waals surface area contributed by atoms with Crippen molar-refractivity contribution in [1.82, 2.24) is 10.2 Å². The fourth-order valence-corrected chi connectivity index (χ4v) is 3.64. The van der Waals surface area contributed by atoms with Gasteiger partial charge >= 0.3 is 0 Å². The van der Waals surface area contributed by atoms with Gasteiger partial charge in [0.1, 0.15) is 0 Å². The molecule has 0 bridgehead atoms. The largest absolute Gasteiger partial charge is 0.314 e. The fraction of sp³-hybridized carbons (Fsp3) is 0.667. The van der Waals surface area contributed by atoms with E-state index >= 15 is 0 Å². The molecule has 1 aliphatic rings. The third-order valence-corrected chi connectivity index (χ3v) is 4.90. The Labute approximate surface area is 110 Å². The first-order valence-electron chi connectivity index (χ1n) is 5.94. The third-order valence-electron chi connectivity index (χ3n) is 3.21. The molecule has 1 unspecified atom stereocenters. The van der Waals surface area contributed by atoms with Crippen molar-refractivity contribution in [3.63, 3.8) is 0 Å². The lowest BCUT2D eigenvalue weighted by atomic mass is 10.1. The van der Waals surface area contributed by atoms with E-state index in [1.807, 2.05) is 11.3 Å². The molecule has 4 heteroatoms. The summed E-state index contributed by atoms with van der Waals surface area (Å²) < 4.78 is 1.25. The molecule has 1 aromatic rings. The molecular weight excluding hydrogens is 284 g/mol. The van der Waals surface area contributed by atoms with Gasteiger partial charge in [0.05, 0.1) is 3.79 Å². The van der Waals surface area contributed by atoms with Crippen LogP contribution >= 0.6 is 27.3 Å². The highest BCUT2D eigenvalue weighted by atomic mass is 79.9. The first kappa shape index (κ1) is 12.6. The molecule has 90 valence electrons. The van der Waals surface area contributed by atoms with Crippen LogP contribution in [-0.4, -0.2) is 37.1 Å². The summed E-state index contributed by atoms with van der Waals surface area (Å²) in [5.41, 5.74) is 0. The van der Waals surface area contributed by atoms with Crippen LogP contribution in [0.2, 0.25) is 0 Å². The van der Waals surface area contributed by atoms with Crippen molar-refractivity contribution in [2.24, 2.45) is 0 Å². The third kappa shape index (κ3) is 3.55. The first-order chi connectivity index (χ1) is 7.75. The maximum atomic E-state index is 3.52. The predicted molar refractivity (Wildman–Crippen MR) is 74.2 cm³/mol. The summed E-state index contributed by atoms with van der Waals surface area (Å²) in [6, 6.07) is 5.09. The molecule has 1 fully saturated rings. The smallest absolute Gasteiger partial charge is 0.0701 e. The summed E-state index contributed by atoms with van der Waals surface area (Å²) >= 11 is 5.38. The Hall–Kier alpha value is 0.1000. The van der Waals surface area contributed by atoms with E-state index in [9.17, 15) is 0 Å². The Morgan fingerprint density at radius 2 is 2.19 bits per heavy atom. The first-order valence-corrected chi connectivity index (χ1v) is 7.55. The summed E-state index contributed by atoms with van der Waals surface area (Å²) in [6.45, 7) is 7.06. The van der Waals surface area contributed by atoms with Gasteiger partial charge in [-0.1, -0.05) is 0 Å². The van der Waals surface area contributed by atoms with Crippen molar-refractivity contribution in [2.45, 2.75) is 25.8 Å². The lowest BCUT2D eigenvalue weighted by Crippen LogP contribution is -2.47. The van der Waals surface area contributed by atoms with Crippen LogP contribution in [0.25, 0.3) is 0 Å². The Balaban J connectivity index is 1.76. The monoisotopic (exact) mass is 302 g/mol. The Morgan fingerprint density at radius 3 is 2.81 bits per heavy atom. The van der Waals surface area contributed by atoms with Gasteiger partial charge in [0.15, 0.2) is 0 Å². The van der Waals surface area contributed by atoms with Gasteiger partial charge in [0, 0.05) is 37.1 Å². The van der Waals surface area contributed by atoms with Gasteiger partial charge in [-0.3, -0.25) is 4.90 Å². The standard InChI is InChI=1S/C12H19BrN2S/c1-10(15-8-6-14-7-9-15)2-3-11-4-5-12(13)16-11/h4-5,10,14H,2-3,6-9H2,1H3. The molecule has 2 rings (SSSR count). The van der Waals surface area contributed by atoms with Gasteiger partial charge in [0.25, 0.3) is 0 Å². The van der Waals surface area contributed by atoms with Gasteiger partial charge in [-0.2, -0.15) is 0 Å². The molecule has 0 amide bonds. The minimum Gasteiger partial charge on any atom is -0.314 e. The molecule has 2 heterocycles. The summed E-state index contributed by atoms with van der Waals surface area (Å²) in [5.74, 6) is 0. The van der Waals surface area contributed by atoms with E-state index in [1.165, 1.54) is 34.6 Å². The molecule has 16 heavy (non-hydrogen) atoms. The van der Waals surface area contributed by atoms with E-state index in [4.69, 9.17) is 0 Å². The predicted octanol–water partition coefficient (Wildman–Crippen LogP) is 2.74. The highest BCUT2D eigenvalue weighted by Gasteiger charge is 2.16. The van der Waals surface area contributed by atoms with E-state index in [0.29, 0.717) is 6.04 Å². The van der Waals surface area contributed by atoms with Crippen LogP contribution in [-0.2, 0) is 6.42 Å². The van der Waals surface area contributed by atoms with Gasteiger partial charge < -0.3 is 5.32 Å². The number of thiophene rings is 1. The van der Waals surface area contributed by atoms with Crippen LogP contribution < -0.4 is 5.32 Å². The number of piperazine rings is 1. The number of halogens is 1. The Kier molecular flexibility index (Phi) is 4.82. The molecule has 0 saturated carbocycles. The van der Waals surface area contributed by atoms with Crippen molar-refractivity contribution < 1.29 is 0 Å². The van der Waals surface area contributed by atoms with Crippen molar-refractivity contribution in [1.29, 1.82) is 0 Å². The molecule has 0 radical (unpaired) electrons. The normalized spacial score (nSPS) is 19.9. The molecule has 1 N–H and O–H groups in total. The van der Waals surface area contributed by atoms with Crippen LogP contribution in [0.4, 0.5) is 0 Å². The average molecular weight is 303 g/mol.